The molecule has 2 bridgehead atoms. The number of rotatable bonds is 7. The number of hydrogen-bond donors (Lipinski definition) is 4. The molecule has 13 heteroatoms. The van der Waals surface area contributed by atoms with Gasteiger partial charge in [-0.25, -0.2) is 0 Å². The highest BCUT2D eigenvalue weighted by Gasteiger charge is 2.69. The summed E-state index contributed by atoms with van der Waals surface area (Å²) in [7, 11) is 0. The monoisotopic (exact) mass is 607 g/mol. The van der Waals surface area contributed by atoms with Gasteiger partial charge in [0.15, 0.2) is 6.61 Å². The normalized spacial score (nSPS) is 28.8. The van der Waals surface area contributed by atoms with Gasteiger partial charge >= 0.3 is 10.8 Å². The number of thiazole rings is 1. The van der Waals surface area contributed by atoms with E-state index in [0.717, 1.165) is 31.7 Å². The van der Waals surface area contributed by atoms with E-state index in [-0.39, 0.29) is 52.1 Å². The molecule has 6 unspecified atom stereocenters. The van der Waals surface area contributed by atoms with Crippen LogP contribution in [0.2, 0.25) is 0 Å². The summed E-state index contributed by atoms with van der Waals surface area (Å²) in [5.41, 5.74) is 1.47. The summed E-state index contributed by atoms with van der Waals surface area (Å²) in [6.45, 7) is -0.838. The molecule has 11 nitrogen and oxygen atoms in total. The van der Waals surface area contributed by atoms with Crippen molar-refractivity contribution in [3.05, 3.63) is 68.6 Å². The van der Waals surface area contributed by atoms with Crippen molar-refractivity contribution >= 4 is 52.5 Å². The Labute approximate surface area is 246 Å². The Morgan fingerprint density at radius 3 is 2.38 bits per heavy atom. The van der Waals surface area contributed by atoms with Crippen molar-refractivity contribution < 1.29 is 34.1 Å². The van der Waals surface area contributed by atoms with Crippen LogP contribution < -0.4 is 14.9 Å². The first kappa shape index (κ1) is 26.8. The highest BCUT2D eigenvalue weighted by molar-refractivity contribution is 8.00. The standard InChI is InChI=1S/C29H25N3O8S2/c33-14-5-3-13(4-6-14)30-18(34)11-40-15-7-1-12(2-8-15)20-21-16-9-17(24(21)41-26-25(20)42-29(39)31-26)23-22(16)27(37)32(28(23)38)10-19(35)36/h1-8,16-17,20-24,33H,9-11H2,(H,30,34)(H,31,39)(H,35,36)/t16?,17?,20-,21?,22?,23?,24?/m1/s1. The molecule has 3 amide bonds. The minimum absolute atomic E-state index is 0.0000458. The maximum absolute atomic E-state index is 13.3. The fraction of sp³-hybridized carbons (Fsp3) is 0.345. The van der Waals surface area contributed by atoms with Gasteiger partial charge in [-0.15, -0.1) is 11.8 Å². The van der Waals surface area contributed by atoms with E-state index in [1.165, 1.54) is 12.1 Å². The largest absolute Gasteiger partial charge is 0.508 e. The smallest absolute Gasteiger partial charge is 0.323 e. The average Bonchev–Trinajstić information content (AvgIpc) is 3.69. The van der Waals surface area contributed by atoms with Gasteiger partial charge in [0.05, 0.1) is 16.9 Å². The van der Waals surface area contributed by atoms with Crippen molar-refractivity contribution in [1.82, 2.24) is 9.88 Å². The number of aromatic amines is 1. The zero-order chi connectivity index (χ0) is 29.3. The lowest BCUT2D eigenvalue weighted by Crippen LogP contribution is -2.42. The Balaban J connectivity index is 1.13. The van der Waals surface area contributed by atoms with Crippen LogP contribution in [0.3, 0.4) is 0 Å². The highest BCUT2D eigenvalue weighted by Crippen LogP contribution is 2.68. The molecular formula is C29H25N3O8S2. The predicted octanol–water partition coefficient (Wildman–Crippen LogP) is 2.72. The van der Waals surface area contributed by atoms with E-state index in [1.54, 1.807) is 36.0 Å². The van der Waals surface area contributed by atoms with Gasteiger partial charge in [0.2, 0.25) is 11.8 Å². The van der Waals surface area contributed by atoms with Crippen LogP contribution in [0.5, 0.6) is 11.5 Å². The fourth-order valence-electron chi connectivity index (χ4n) is 7.40. The lowest BCUT2D eigenvalue weighted by atomic mass is 9.68. The second-order valence-corrected chi connectivity index (χ2v) is 13.3. The van der Waals surface area contributed by atoms with Crippen molar-refractivity contribution in [3.8, 4) is 11.5 Å². The number of imide groups is 1. The average molecular weight is 608 g/mol. The molecule has 0 radical (unpaired) electrons. The van der Waals surface area contributed by atoms with Gasteiger partial charge in [-0.3, -0.25) is 28.9 Å². The summed E-state index contributed by atoms with van der Waals surface area (Å²) >= 11 is 2.72. The molecule has 3 heterocycles. The van der Waals surface area contributed by atoms with E-state index in [1.807, 2.05) is 12.1 Å². The molecule has 4 aliphatic rings. The molecule has 2 saturated carbocycles. The Morgan fingerprint density at radius 1 is 1.00 bits per heavy atom. The summed E-state index contributed by atoms with van der Waals surface area (Å²) in [6, 6.07) is 13.4. The lowest BCUT2D eigenvalue weighted by molar-refractivity contribution is -0.149. The van der Waals surface area contributed by atoms with Crippen LogP contribution in [-0.2, 0) is 19.2 Å². The van der Waals surface area contributed by atoms with E-state index in [0.29, 0.717) is 17.9 Å². The molecule has 3 aromatic rings. The molecule has 1 aromatic heterocycles. The number of aromatic nitrogens is 1. The molecule has 7 rings (SSSR count). The quantitative estimate of drug-likeness (QED) is 0.233. The van der Waals surface area contributed by atoms with Gasteiger partial charge in [0, 0.05) is 21.7 Å². The number of hydrogen-bond acceptors (Lipinski definition) is 9. The van der Waals surface area contributed by atoms with Crippen LogP contribution in [0.4, 0.5) is 5.69 Å². The maximum Gasteiger partial charge on any atom is 0.323 e. The Morgan fingerprint density at radius 2 is 1.69 bits per heavy atom. The zero-order valence-electron chi connectivity index (χ0n) is 21.9. The lowest BCUT2D eigenvalue weighted by Gasteiger charge is -2.43. The van der Waals surface area contributed by atoms with Crippen molar-refractivity contribution in [1.29, 1.82) is 0 Å². The summed E-state index contributed by atoms with van der Waals surface area (Å²) < 4.78 is 5.69. The molecule has 2 aromatic carbocycles. The Bertz CT molecular complexity index is 1670. The highest BCUT2D eigenvalue weighted by atomic mass is 32.2. The number of thioether (sulfide) groups is 1. The van der Waals surface area contributed by atoms with E-state index in [9.17, 15) is 34.2 Å². The first-order chi connectivity index (χ1) is 20.2. The minimum Gasteiger partial charge on any atom is -0.508 e. The predicted molar refractivity (Wildman–Crippen MR) is 152 cm³/mol. The molecule has 216 valence electrons. The third-order valence-electron chi connectivity index (χ3n) is 8.87. The van der Waals surface area contributed by atoms with E-state index in [4.69, 9.17) is 4.74 Å². The van der Waals surface area contributed by atoms with Gasteiger partial charge in [-0.2, -0.15) is 0 Å². The van der Waals surface area contributed by atoms with Crippen molar-refractivity contribution in [3.63, 3.8) is 0 Å². The number of fused-ring (bicyclic) bond motifs is 9. The first-order valence-corrected chi connectivity index (χ1v) is 15.2. The third-order valence-corrected chi connectivity index (χ3v) is 11.5. The van der Waals surface area contributed by atoms with Gasteiger partial charge in [-0.1, -0.05) is 23.5 Å². The topological polar surface area (TPSA) is 166 Å². The first-order valence-electron chi connectivity index (χ1n) is 13.5. The second-order valence-electron chi connectivity index (χ2n) is 11.1. The minimum atomic E-state index is -1.21. The number of likely N-dealkylation sites (tertiary alicyclic amines) is 1. The number of aromatic hydroxyl groups is 1. The van der Waals surface area contributed by atoms with Crippen molar-refractivity contribution in [2.75, 3.05) is 18.5 Å². The van der Waals surface area contributed by atoms with Gasteiger partial charge in [0.1, 0.15) is 18.0 Å². The summed E-state index contributed by atoms with van der Waals surface area (Å²) in [6.07, 6.45) is 0.711. The van der Waals surface area contributed by atoms with E-state index in [2.05, 4.69) is 10.3 Å². The van der Waals surface area contributed by atoms with E-state index >= 15 is 0 Å². The number of carbonyl (C=O) groups is 4. The van der Waals surface area contributed by atoms with Gasteiger partial charge in [0.25, 0.3) is 5.91 Å². The molecule has 3 fully saturated rings. The second kappa shape index (κ2) is 10.0. The number of phenols is 1. The third kappa shape index (κ3) is 4.29. The molecule has 2 aliphatic carbocycles. The number of amides is 3. The van der Waals surface area contributed by atoms with Crippen LogP contribution in [0.15, 0.2) is 58.4 Å². The molecule has 42 heavy (non-hydrogen) atoms. The summed E-state index contributed by atoms with van der Waals surface area (Å²) in [5.74, 6) is -3.24. The molecule has 7 atom stereocenters. The Hall–Kier alpha value is -4.10. The van der Waals surface area contributed by atoms with Crippen molar-refractivity contribution in [2.24, 2.45) is 29.6 Å². The Kier molecular flexibility index (Phi) is 6.39. The molecule has 1 saturated heterocycles. The number of H-pyrrole nitrogens is 1. The number of ether oxygens (including phenoxy) is 1. The number of carboxylic acid groups (broad SMARTS) is 1. The molecule has 0 spiro atoms. The number of aliphatic carboxylic acids is 1. The van der Waals surface area contributed by atoms with Gasteiger partial charge in [-0.05, 0) is 66.1 Å². The van der Waals surface area contributed by atoms with Crippen LogP contribution in [0.1, 0.15) is 22.8 Å². The number of anilines is 1. The number of carbonyl (C=O) groups excluding carboxylic acids is 3. The van der Waals surface area contributed by atoms with E-state index < -0.39 is 36.2 Å². The fourth-order valence-corrected chi connectivity index (χ4v) is 10.3. The van der Waals surface area contributed by atoms with Gasteiger partial charge < -0.3 is 25.3 Å². The molecule has 2 aliphatic heterocycles. The SMILES string of the molecule is O=C(O)CN1C(=O)C2C3CC(C2C1=O)C1C3Sc2[nH]c(=O)sc2[C@@H]1c1ccc(OCC(=O)Nc2ccc(O)cc2)cc1. The molecular weight excluding hydrogens is 582 g/mol. The number of carboxylic acids is 1. The number of nitrogens with one attached hydrogen (secondary N) is 2. The van der Waals surface area contributed by atoms with Crippen LogP contribution in [0, 0.1) is 29.6 Å². The van der Waals surface area contributed by atoms with Crippen LogP contribution in [0.25, 0.3) is 0 Å². The summed E-state index contributed by atoms with van der Waals surface area (Å²) in [4.78, 5) is 67.2. The number of phenolic OH excluding ortho intramolecular Hbond substituents is 1. The number of nitrogens with zero attached hydrogens (tertiary/aromatic N) is 1. The number of benzene rings is 2. The maximum atomic E-state index is 13.3. The summed E-state index contributed by atoms with van der Waals surface area (Å²) in [5, 5.41) is 22.1. The van der Waals surface area contributed by atoms with Crippen LogP contribution >= 0.6 is 23.1 Å². The van der Waals surface area contributed by atoms with Crippen LogP contribution in [-0.4, -0.2) is 62.2 Å². The molecule has 4 N–H and O–H groups in total. The zero-order valence-corrected chi connectivity index (χ0v) is 23.5. The van der Waals surface area contributed by atoms with Crippen molar-refractivity contribution in [2.45, 2.75) is 22.6 Å².